The van der Waals surface area contributed by atoms with Gasteiger partial charge < -0.3 is 29.6 Å². The molecule has 0 bridgehead atoms. The molecule has 1 saturated heterocycles. The summed E-state index contributed by atoms with van der Waals surface area (Å²) in [5.74, 6) is -3.43. The third-order valence-corrected chi connectivity index (χ3v) is 8.40. The number of aromatic nitrogens is 2. The van der Waals surface area contributed by atoms with Crippen LogP contribution in [-0.2, 0) is 44.3 Å². The minimum absolute atomic E-state index is 0.114. The maximum Gasteiger partial charge on any atom is 0.459 e. The Morgan fingerprint density at radius 2 is 1.79 bits per heavy atom. The predicted octanol–water partition coefficient (Wildman–Crippen LogP) is 3.43. The van der Waals surface area contributed by atoms with Crippen LogP contribution < -0.4 is 15.3 Å². The number of rotatable bonds is 17. The van der Waals surface area contributed by atoms with Gasteiger partial charge in [0, 0.05) is 6.42 Å². The summed E-state index contributed by atoms with van der Waals surface area (Å²) in [5, 5.41) is 12.8. The van der Waals surface area contributed by atoms with Crippen LogP contribution in [0.1, 0.15) is 55.4 Å². The van der Waals surface area contributed by atoms with E-state index in [0.717, 1.165) is 10.9 Å². The van der Waals surface area contributed by atoms with E-state index in [0.29, 0.717) is 12.0 Å². The van der Waals surface area contributed by atoms with Gasteiger partial charge in [0.1, 0.15) is 24.7 Å². The number of carbonyl (C=O) groups excluding carboxylic acids is 4. The molecule has 2 heterocycles. The molecule has 2 aromatic carbocycles. The number of Topliss-reactive ketones (excluding diaryl/α,β-unsaturated/α-hetero) is 1. The Hall–Kier alpha value is -4.56. The van der Waals surface area contributed by atoms with Crippen LogP contribution in [0.25, 0.3) is 0 Å². The summed E-state index contributed by atoms with van der Waals surface area (Å²) in [6.07, 6.45) is -1.52. The number of para-hydroxylation sites is 1. The highest BCUT2D eigenvalue weighted by Gasteiger charge is 2.41. The number of hydrogen-bond acceptors (Lipinski definition) is 12. The van der Waals surface area contributed by atoms with Crippen LogP contribution in [-0.4, -0.2) is 63.6 Å². The van der Waals surface area contributed by atoms with E-state index >= 15 is 0 Å². The van der Waals surface area contributed by atoms with E-state index < -0.39 is 74.4 Å². The number of esters is 2. The largest absolute Gasteiger partial charge is 0.493 e. The van der Waals surface area contributed by atoms with Crippen LogP contribution in [0.2, 0.25) is 0 Å². The van der Waals surface area contributed by atoms with E-state index in [4.69, 9.17) is 29.0 Å². The summed E-state index contributed by atoms with van der Waals surface area (Å²) in [4.78, 5) is 54.0. The summed E-state index contributed by atoms with van der Waals surface area (Å²) in [6, 6.07) is 15.3. The number of nitrogens with two attached hydrogens (primary N) is 1. The Morgan fingerprint density at radius 3 is 2.43 bits per heavy atom. The van der Waals surface area contributed by atoms with Crippen LogP contribution in [0.4, 0.5) is 0 Å². The number of benzene rings is 2. The minimum atomic E-state index is -4.51. The van der Waals surface area contributed by atoms with E-state index in [1.54, 1.807) is 48.5 Å². The number of primary amides is 1. The number of carbonyl (C=O) groups is 4. The maximum atomic E-state index is 14.2. The predicted molar refractivity (Wildman–Crippen MR) is 165 cm³/mol. The molecule has 252 valence electrons. The molecule has 47 heavy (non-hydrogen) atoms. The van der Waals surface area contributed by atoms with Crippen molar-refractivity contribution < 1.29 is 52.1 Å². The third kappa shape index (κ3) is 10.2. The van der Waals surface area contributed by atoms with Crippen molar-refractivity contribution in [1.29, 1.82) is 0 Å². The number of ether oxygens (including phenoxy) is 3. The highest BCUT2D eigenvalue weighted by Crippen LogP contribution is 2.46. The van der Waals surface area contributed by atoms with Crippen LogP contribution >= 0.6 is 7.75 Å². The highest BCUT2D eigenvalue weighted by molar-refractivity contribution is 7.52. The van der Waals surface area contributed by atoms with Crippen LogP contribution in [0.3, 0.4) is 0 Å². The number of nitrogens with zero attached hydrogens (tertiary/aromatic N) is 2. The van der Waals surface area contributed by atoms with E-state index in [1.165, 1.54) is 12.1 Å². The highest BCUT2D eigenvalue weighted by atomic mass is 31.2. The zero-order valence-electron chi connectivity index (χ0n) is 25.9. The van der Waals surface area contributed by atoms with Crippen LogP contribution in [0.15, 0.2) is 67.0 Å². The summed E-state index contributed by atoms with van der Waals surface area (Å²) < 4.78 is 43.0. The van der Waals surface area contributed by atoms with E-state index in [2.05, 4.69) is 10.1 Å². The molecule has 0 aliphatic carbocycles. The van der Waals surface area contributed by atoms with Gasteiger partial charge in [-0.05, 0) is 30.0 Å². The number of hydrogen-bond donors (Lipinski definition) is 3. The van der Waals surface area contributed by atoms with Gasteiger partial charge in [-0.25, -0.2) is 9.55 Å². The lowest BCUT2D eigenvalue weighted by molar-refractivity contribution is -0.153. The summed E-state index contributed by atoms with van der Waals surface area (Å²) in [5.41, 5.74) is 5.43. The Balaban J connectivity index is 1.51. The average Bonchev–Trinajstić information content (AvgIpc) is 3.60. The van der Waals surface area contributed by atoms with Gasteiger partial charge in [0.25, 0.3) is 5.91 Å². The fourth-order valence-corrected chi connectivity index (χ4v) is 5.90. The second-order valence-electron chi connectivity index (χ2n) is 11.0. The summed E-state index contributed by atoms with van der Waals surface area (Å²) in [7, 11) is -4.51. The molecule has 0 radical (unpaired) electrons. The average molecular weight is 673 g/mol. The van der Waals surface area contributed by atoms with Crippen molar-refractivity contribution in [3.63, 3.8) is 0 Å². The van der Waals surface area contributed by atoms with Crippen LogP contribution in [0, 0.1) is 5.92 Å². The third-order valence-electron chi connectivity index (χ3n) is 6.83. The second kappa shape index (κ2) is 16.3. The van der Waals surface area contributed by atoms with Crippen LogP contribution in [0.5, 0.6) is 11.6 Å². The Labute approximate surface area is 270 Å². The molecule has 1 aliphatic heterocycles. The van der Waals surface area contributed by atoms with Crippen molar-refractivity contribution >= 4 is 31.4 Å². The molecule has 4 rings (SSSR count). The van der Waals surface area contributed by atoms with E-state index in [9.17, 15) is 28.8 Å². The maximum absolute atomic E-state index is 14.2. The summed E-state index contributed by atoms with van der Waals surface area (Å²) >= 11 is 0. The van der Waals surface area contributed by atoms with Gasteiger partial charge in [0.2, 0.25) is 5.88 Å². The smallest absolute Gasteiger partial charge is 0.459 e. The molecule has 0 spiro atoms. The SMILES string of the molecule is CC(C)CCOC(=O)C[C@H](NP(=O)(OC[C@@H]1CC(=O)[C@H](n2cnc(C(N)=O)c2O)O1)Oc1ccccc1)C(=O)OCc1ccccc1. The molecule has 0 saturated carbocycles. The molecule has 1 fully saturated rings. The van der Waals surface area contributed by atoms with Crippen molar-refractivity contribution in [3.05, 3.63) is 78.2 Å². The molecule has 3 aromatic rings. The molecular weight excluding hydrogens is 635 g/mol. The zero-order chi connectivity index (χ0) is 34.0. The van der Waals surface area contributed by atoms with Gasteiger partial charge in [0.15, 0.2) is 17.7 Å². The van der Waals surface area contributed by atoms with Crippen molar-refractivity contribution in [2.24, 2.45) is 11.7 Å². The van der Waals surface area contributed by atoms with Crippen molar-refractivity contribution in [1.82, 2.24) is 14.6 Å². The number of aromatic hydroxyl groups is 1. The van der Waals surface area contributed by atoms with Gasteiger partial charge in [-0.15, -0.1) is 0 Å². The first kappa shape index (κ1) is 35.3. The number of ketones is 1. The molecule has 1 amide bonds. The first-order valence-electron chi connectivity index (χ1n) is 14.8. The fourth-order valence-electron chi connectivity index (χ4n) is 4.38. The van der Waals surface area contributed by atoms with Crippen molar-refractivity contribution in [2.75, 3.05) is 13.2 Å². The number of amides is 1. The van der Waals surface area contributed by atoms with E-state index in [1.807, 2.05) is 13.8 Å². The molecule has 15 nitrogen and oxygen atoms in total. The Bertz CT molecular complexity index is 1580. The zero-order valence-corrected chi connectivity index (χ0v) is 26.7. The second-order valence-corrected chi connectivity index (χ2v) is 12.7. The van der Waals surface area contributed by atoms with Crippen molar-refractivity contribution in [3.8, 4) is 11.6 Å². The molecule has 16 heteroatoms. The number of nitrogens with one attached hydrogen (secondary N) is 1. The normalized spacial score (nSPS) is 18.0. The fraction of sp³-hybridized carbons (Fsp3) is 0.387. The monoisotopic (exact) mass is 672 g/mol. The molecule has 4 N–H and O–H groups in total. The van der Waals surface area contributed by atoms with E-state index in [-0.39, 0.29) is 31.3 Å². The first-order valence-corrected chi connectivity index (χ1v) is 16.4. The Kier molecular flexibility index (Phi) is 12.3. The molecule has 1 aromatic heterocycles. The molecular formula is C31H37N4O11P. The van der Waals surface area contributed by atoms with Gasteiger partial charge in [-0.2, -0.15) is 5.09 Å². The molecule has 1 unspecified atom stereocenters. The summed E-state index contributed by atoms with van der Waals surface area (Å²) in [6.45, 7) is 3.45. The topological polar surface area (TPSA) is 208 Å². The van der Waals surface area contributed by atoms with Gasteiger partial charge in [-0.3, -0.25) is 28.3 Å². The standard InChI is InChI=1S/C31H37N4O11P/c1-20(2)13-14-42-26(37)16-24(31(40)43-17-21-9-5-3-6-10-21)34-47(41,46-22-11-7-4-8-12-22)44-18-23-15-25(36)30(45-23)35-19-33-27(28(32)38)29(35)39/h3-12,19-20,23-24,30,39H,13-18H2,1-2H3,(H2,32,38)(H,34,41)/t23-,24-,30+,47?/m0/s1. The van der Waals surface area contributed by atoms with Gasteiger partial charge >= 0.3 is 19.7 Å². The van der Waals surface area contributed by atoms with Gasteiger partial charge in [0.05, 0.1) is 25.7 Å². The minimum Gasteiger partial charge on any atom is -0.493 e. The first-order chi connectivity index (χ1) is 22.4. The lowest BCUT2D eigenvalue weighted by atomic mass is 10.1. The lowest BCUT2D eigenvalue weighted by Gasteiger charge is -2.25. The quantitative estimate of drug-likeness (QED) is 0.139. The lowest BCUT2D eigenvalue weighted by Crippen LogP contribution is -2.40. The molecule has 1 aliphatic rings. The molecule has 4 atom stereocenters. The van der Waals surface area contributed by atoms with Crippen molar-refractivity contribution in [2.45, 2.75) is 58.1 Å². The number of imidazole rings is 1. The van der Waals surface area contributed by atoms with Gasteiger partial charge in [-0.1, -0.05) is 62.4 Å². The Morgan fingerprint density at radius 1 is 1.11 bits per heavy atom.